The molecule has 1 unspecified atom stereocenters. The Morgan fingerprint density at radius 1 is 1.52 bits per heavy atom. The Kier molecular flexibility index (Phi) is 5.51. The minimum Gasteiger partial charge on any atom is -0.472 e. The van der Waals surface area contributed by atoms with Crippen molar-refractivity contribution in [2.24, 2.45) is 0 Å². The number of furan rings is 1. The number of aromatic nitrogens is 2. The molecule has 1 amide bonds. The summed E-state index contributed by atoms with van der Waals surface area (Å²) in [5, 5.41) is 16.0. The molecule has 2 aromatic rings. The van der Waals surface area contributed by atoms with Gasteiger partial charge in [-0.3, -0.25) is 4.79 Å². The standard InChI is InChI=1S/C14H19N3O4/c1-2-3-11(18)8-15-12(19)4-5-13-16-14(17-21-13)10-6-7-20-9-10/h6-7,9,11,18H,2-5,8H2,1H3,(H,15,19). The van der Waals surface area contributed by atoms with Crippen molar-refractivity contribution in [3.63, 3.8) is 0 Å². The highest BCUT2D eigenvalue weighted by Gasteiger charge is 2.12. The monoisotopic (exact) mass is 293 g/mol. The number of nitrogens with one attached hydrogen (secondary N) is 1. The molecule has 0 aliphatic carbocycles. The molecule has 0 saturated carbocycles. The highest BCUT2D eigenvalue weighted by Crippen LogP contribution is 2.16. The first-order chi connectivity index (χ1) is 10.2. The van der Waals surface area contributed by atoms with E-state index >= 15 is 0 Å². The normalized spacial score (nSPS) is 12.3. The minimum atomic E-state index is -0.491. The van der Waals surface area contributed by atoms with E-state index in [1.807, 2.05) is 6.92 Å². The zero-order valence-electron chi connectivity index (χ0n) is 11.9. The van der Waals surface area contributed by atoms with Crippen LogP contribution >= 0.6 is 0 Å². The van der Waals surface area contributed by atoms with Crippen molar-refractivity contribution in [3.05, 3.63) is 24.5 Å². The lowest BCUT2D eigenvalue weighted by Crippen LogP contribution is -2.32. The summed E-state index contributed by atoms with van der Waals surface area (Å²) in [7, 11) is 0. The summed E-state index contributed by atoms with van der Waals surface area (Å²) < 4.78 is 10.0. The fraction of sp³-hybridized carbons (Fsp3) is 0.500. The van der Waals surface area contributed by atoms with Crippen LogP contribution in [0.2, 0.25) is 0 Å². The predicted molar refractivity (Wildman–Crippen MR) is 74.2 cm³/mol. The van der Waals surface area contributed by atoms with E-state index in [2.05, 4.69) is 15.5 Å². The quantitative estimate of drug-likeness (QED) is 0.765. The third kappa shape index (κ3) is 4.71. The smallest absolute Gasteiger partial charge is 0.227 e. The van der Waals surface area contributed by atoms with Gasteiger partial charge in [0.1, 0.15) is 6.26 Å². The largest absolute Gasteiger partial charge is 0.472 e. The molecule has 0 aromatic carbocycles. The highest BCUT2D eigenvalue weighted by molar-refractivity contribution is 5.76. The van der Waals surface area contributed by atoms with Crippen molar-refractivity contribution in [2.45, 2.75) is 38.7 Å². The van der Waals surface area contributed by atoms with Gasteiger partial charge in [-0.1, -0.05) is 18.5 Å². The van der Waals surface area contributed by atoms with Crippen LogP contribution in [0.15, 0.2) is 27.5 Å². The molecule has 0 spiro atoms. The van der Waals surface area contributed by atoms with Crippen LogP contribution in [0.3, 0.4) is 0 Å². The van der Waals surface area contributed by atoms with E-state index in [-0.39, 0.29) is 18.9 Å². The van der Waals surface area contributed by atoms with Crippen LogP contribution < -0.4 is 5.32 Å². The number of aryl methyl sites for hydroxylation is 1. The van der Waals surface area contributed by atoms with Gasteiger partial charge in [0.15, 0.2) is 0 Å². The Morgan fingerprint density at radius 2 is 2.38 bits per heavy atom. The molecule has 2 rings (SSSR count). The van der Waals surface area contributed by atoms with Gasteiger partial charge >= 0.3 is 0 Å². The second-order valence-electron chi connectivity index (χ2n) is 4.77. The molecule has 0 aliphatic rings. The van der Waals surface area contributed by atoms with Gasteiger partial charge < -0.3 is 19.4 Å². The van der Waals surface area contributed by atoms with Crippen molar-refractivity contribution < 1.29 is 18.8 Å². The number of amides is 1. The van der Waals surface area contributed by atoms with Gasteiger partial charge in [-0.2, -0.15) is 4.98 Å². The van der Waals surface area contributed by atoms with Crippen molar-refractivity contribution in [2.75, 3.05) is 6.54 Å². The Bertz CT molecular complexity index is 550. The van der Waals surface area contributed by atoms with E-state index in [9.17, 15) is 9.90 Å². The number of nitrogens with zero attached hydrogens (tertiary/aromatic N) is 2. The molecule has 2 heterocycles. The Balaban J connectivity index is 1.74. The maximum Gasteiger partial charge on any atom is 0.227 e. The lowest BCUT2D eigenvalue weighted by molar-refractivity contribution is -0.121. The van der Waals surface area contributed by atoms with Crippen LogP contribution in [-0.2, 0) is 11.2 Å². The van der Waals surface area contributed by atoms with E-state index in [4.69, 9.17) is 8.94 Å². The summed E-state index contributed by atoms with van der Waals surface area (Å²) >= 11 is 0. The zero-order valence-corrected chi connectivity index (χ0v) is 11.9. The van der Waals surface area contributed by atoms with Gasteiger partial charge in [0.25, 0.3) is 0 Å². The fourth-order valence-corrected chi connectivity index (χ4v) is 1.84. The Labute approximate surface area is 122 Å². The van der Waals surface area contributed by atoms with Gasteiger partial charge in [-0.25, -0.2) is 0 Å². The summed E-state index contributed by atoms with van der Waals surface area (Å²) in [5.41, 5.74) is 0.733. The Hall–Kier alpha value is -2.15. The van der Waals surface area contributed by atoms with Gasteiger partial charge in [0.05, 0.1) is 17.9 Å². The molecule has 0 saturated heterocycles. The van der Waals surface area contributed by atoms with E-state index in [0.29, 0.717) is 24.6 Å². The van der Waals surface area contributed by atoms with Gasteiger partial charge in [0, 0.05) is 19.4 Å². The van der Waals surface area contributed by atoms with Crippen molar-refractivity contribution in [1.29, 1.82) is 0 Å². The maximum atomic E-state index is 11.6. The summed E-state index contributed by atoms with van der Waals surface area (Å²) in [4.78, 5) is 15.8. The minimum absolute atomic E-state index is 0.145. The molecule has 0 aliphatic heterocycles. The lowest BCUT2D eigenvalue weighted by atomic mass is 10.2. The summed E-state index contributed by atoms with van der Waals surface area (Å²) in [6.07, 6.45) is 4.73. The predicted octanol–water partition coefficient (Wildman–Crippen LogP) is 1.54. The Morgan fingerprint density at radius 3 is 3.10 bits per heavy atom. The van der Waals surface area contributed by atoms with E-state index in [0.717, 1.165) is 12.0 Å². The van der Waals surface area contributed by atoms with E-state index in [1.165, 1.54) is 12.5 Å². The van der Waals surface area contributed by atoms with Crippen LogP contribution in [0.1, 0.15) is 32.1 Å². The molecular formula is C14H19N3O4. The third-order valence-corrected chi connectivity index (χ3v) is 2.97. The van der Waals surface area contributed by atoms with Gasteiger partial charge in [-0.05, 0) is 12.5 Å². The summed E-state index contributed by atoms with van der Waals surface area (Å²) in [5.74, 6) is 0.696. The first kappa shape index (κ1) is 15.2. The van der Waals surface area contributed by atoms with Crippen molar-refractivity contribution in [1.82, 2.24) is 15.5 Å². The van der Waals surface area contributed by atoms with Crippen LogP contribution in [0.4, 0.5) is 0 Å². The highest BCUT2D eigenvalue weighted by atomic mass is 16.5. The first-order valence-electron chi connectivity index (χ1n) is 6.99. The number of hydrogen-bond donors (Lipinski definition) is 2. The number of aliphatic hydroxyl groups excluding tert-OH is 1. The van der Waals surface area contributed by atoms with Crippen molar-refractivity contribution in [3.8, 4) is 11.4 Å². The topological polar surface area (TPSA) is 101 Å². The first-order valence-corrected chi connectivity index (χ1v) is 6.99. The van der Waals surface area contributed by atoms with Crippen LogP contribution in [0.25, 0.3) is 11.4 Å². The molecule has 7 heteroatoms. The molecule has 21 heavy (non-hydrogen) atoms. The van der Waals surface area contributed by atoms with E-state index in [1.54, 1.807) is 6.07 Å². The van der Waals surface area contributed by atoms with Gasteiger partial charge in [0.2, 0.25) is 17.6 Å². The van der Waals surface area contributed by atoms with Crippen LogP contribution in [0.5, 0.6) is 0 Å². The molecule has 2 N–H and O–H groups in total. The number of hydrogen-bond acceptors (Lipinski definition) is 6. The molecule has 2 aromatic heterocycles. The summed E-state index contributed by atoms with van der Waals surface area (Å²) in [6, 6.07) is 1.73. The molecule has 7 nitrogen and oxygen atoms in total. The fourth-order valence-electron chi connectivity index (χ4n) is 1.84. The molecular weight excluding hydrogens is 274 g/mol. The molecule has 0 fully saturated rings. The summed E-state index contributed by atoms with van der Waals surface area (Å²) in [6.45, 7) is 2.26. The van der Waals surface area contributed by atoms with Crippen LogP contribution in [-0.4, -0.2) is 33.8 Å². The molecule has 0 bridgehead atoms. The van der Waals surface area contributed by atoms with Crippen molar-refractivity contribution >= 4 is 5.91 Å². The molecule has 1 atom stereocenters. The second kappa shape index (κ2) is 7.58. The zero-order chi connectivity index (χ0) is 15.1. The van der Waals surface area contributed by atoms with Gasteiger partial charge in [-0.15, -0.1) is 0 Å². The SMILES string of the molecule is CCCC(O)CNC(=O)CCc1nc(-c2ccoc2)no1. The number of carbonyl (C=O) groups is 1. The number of carbonyl (C=O) groups excluding carboxylic acids is 1. The van der Waals surface area contributed by atoms with Crippen LogP contribution in [0, 0.1) is 0 Å². The third-order valence-electron chi connectivity index (χ3n) is 2.97. The second-order valence-corrected chi connectivity index (χ2v) is 4.77. The average Bonchev–Trinajstić information content (AvgIpc) is 3.13. The lowest BCUT2D eigenvalue weighted by Gasteiger charge is -2.09. The van der Waals surface area contributed by atoms with E-state index < -0.39 is 6.10 Å². The maximum absolute atomic E-state index is 11.6. The number of rotatable bonds is 8. The number of aliphatic hydroxyl groups is 1. The molecule has 0 radical (unpaired) electrons. The molecule has 114 valence electrons. The average molecular weight is 293 g/mol.